The van der Waals surface area contributed by atoms with Crippen LogP contribution in [0, 0.1) is 11.3 Å². The fourth-order valence-electron chi connectivity index (χ4n) is 3.88. The van der Waals surface area contributed by atoms with E-state index in [2.05, 4.69) is 4.98 Å². The number of piperidine rings is 1. The summed E-state index contributed by atoms with van der Waals surface area (Å²) < 4.78 is 7.96. The van der Waals surface area contributed by atoms with Crippen LogP contribution in [-0.4, -0.2) is 50.4 Å². The smallest absolute Gasteiger partial charge is 0.309 e. The number of ether oxygens (including phenoxy) is 1. The maximum absolute atomic E-state index is 13.1. The monoisotopic (exact) mass is 409 g/mol. The van der Waals surface area contributed by atoms with E-state index in [0.717, 1.165) is 0 Å². The molecule has 156 valence electrons. The summed E-state index contributed by atoms with van der Waals surface area (Å²) in [5.41, 5.74) is 0.682. The number of hydrogen-bond donors (Lipinski definition) is 1. The highest BCUT2D eigenvalue weighted by atomic mass is 16.5. The number of aromatic nitrogens is 3. The molecule has 3 aromatic heterocycles. The Kier molecular flexibility index (Phi) is 5.11. The number of likely N-dealkylation sites (tertiary alicyclic amines) is 1. The van der Waals surface area contributed by atoms with Gasteiger partial charge in [-0.2, -0.15) is 0 Å². The molecule has 0 spiro atoms. The molecule has 1 aliphatic rings. The molecular formula is C21H23N5O4. The molecule has 30 heavy (non-hydrogen) atoms. The number of pyridine rings is 2. The SMILES string of the molecule is CCOC(=O)C1CCN(C(=O)c2cc3c(=O)n4ccccc4nc3n(C)c2=N)CC1. The number of amides is 1. The molecule has 0 bridgehead atoms. The van der Waals surface area contributed by atoms with Crippen molar-refractivity contribution in [2.45, 2.75) is 19.8 Å². The zero-order chi connectivity index (χ0) is 21.4. The lowest BCUT2D eigenvalue weighted by Crippen LogP contribution is -2.43. The van der Waals surface area contributed by atoms with E-state index in [4.69, 9.17) is 10.1 Å². The van der Waals surface area contributed by atoms with Gasteiger partial charge in [-0.15, -0.1) is 0 Å². The second kappa shape index (κ2) is 7.74. The number of aryl methyl sites for hydroxylation is 1. The summed E-state index contributed by atoms with van der Waals surface area (Å²) in [5, 5.41) is 8.74. The van der Waals surface area contributed by atoms with Gasteiger partial charge in [0.1, 0.15) is 16.8 Å². The van der Waals surface area contributed by atoms with Gasteiger partial charge in [0, 0.05) is 26.3 Å². The summed E-state index contributed by atoms with van der Waals surface area (Å²) in [5.74, 6) is -0.761. The zero-order valence-electron chi connectivity index (χ0n) is 16.9. The van der Waals surface area contributed by atoms with Crippen LogP contribution in [0.5, 0.6) is 0 Å². The Balaban J connectivity index is 1.70. The van der Waals surface area contributed by atoms with E-state index in [9.17, 15) is 14.4 Å². The summed E-state index contributed by atoms with van der Waals surface area (Å²) in [6.45, 7) is 2.91. The van der Waals surface area contributed by atoms with E-state index >= 15 is 0 Å². The molecule has 0 aromatic carbocycles. The lowest BCUT2D eigenvalue weighted by molar-refractivity contribution is -0.149. The Morgan fingerprint density at radius 3 is 2.70 bits per heavy atom. The van der Waals surface area contributed by atoms with Gasteiger partial charge in [0.15, 0.2) is 0 Å². The molecule has 1 fully saturated rings. The van der Waals surface area contributed by atoms with Crippen LogP contribution in [0.4, 0.5) is 0 Å². The molecular weight excluding hydrogens is 386 g/mol. The Morgan fingerprint density at radius 1 is 1.27 bits per heavy atom. The lowest BCUT2D eigenvalue weighted by Gasteiger charge is -2.31. The van der Waals surface area contributed by atoms with E-state index in [1.54, 1.807) is 43.3 Å². The van der Waals surface area contributed by atoms with Crippen LogP contribution in [-0.2, 0) is 16.6 Å². The molecule has 9 heteroatoms. The minimum absolute atomic E-state index is 0.00722. The third kappa shape index (κ3) is 3.26. The summed E-state index contributed by atoms with van der Waals surface area (Å²) in [4.78, 5) is 44.1. The number of esters is 1. The van der Waals surface area contributed by atoms with Crippen molar-refractivity contribution in [1.82, 2.24) is 18.9 Å². The predicted molar refractivity (Wildman–Crippen MR) is 109 cm³/mol. The van der Waals surface area contributed by atoms with Gasteiger partial charge in [-0.3, -0.25) is 24.2 Å². The molecule has 0 radical (unpaired) electrons. The van der Waals surface area contributed by atoms with Crippen LogP contribution in [0.15, 0.2) is 35.3 Å². The first-order valence-electron chi connectivity index (χ1n) is 9.94. The summed E-state index contributed by atoms with van der Waals surface area (Å²) in [7, 11) is 1.63. The second-order valence-electron chi connectivity index (χ2n) is 7.37. The van der Waals surface area contributed by atoms with Crippen molar-refractivity contribution in [2.75, 3.05) is 19.7 Å². The number of fused-ring (bicyclic) bond motifs is 2. The average molecular weight is 409 g/mol. The van der Waals surface area contributed by atoms with Crippen LogP contribution < -0.4 is 11.0 Å². The predicted octanol–water partition coefficient (Wildman–Crippen LogP) is 1.08. The molecule has 1 amide bonds. The van der Waals surface area contributed by atoms with Crippen LogP contribution in [0.2, 0.25) is 0 Å². The van der Waals surface area contributed by atoms with E-state index in [0.29, 0.717) is 43.8 Å². The number of hydrogen-bond acceptors (Lipinski definition) is 6. The molecule has 0 atom stereocenters. The Bertz CT molecular complexity index is 1270. The minimum atomic E-state index is -0.322. The Hall–Kier alpha value is -3.49. The van der Waals surface area contributed by atoms with Crippen LogP contribution in [0.25, 0.3) is 16.7 Å². The normalized spacial score (nSPS) is 14.9. The van der Waals surface area contributed by atoms with Crippen molar-refractivity contribution in [2.24, 2.45) is 13.0 Å². The fraction of sp³-hybridized carbons (Fsp3) is 0.381. The van der Waals surface area contributed by atoms with Crippen molar-refractivity contribution < 1.29 is 14.3 Å². The van der Waals surface area contributed by atoms with Gasteiger partial charge >= 0.3 is 5.97 Å². The van der Waals surface area contributed by atoms with Crippen molar-refractivity contribution in [3.63, 3.8) is 0 Å². The van der Waals surface area contributed by atoms with Crippen LogP contribution in [0.3, 0.4) is 0 Å². The van der Waals surface area contributed by atoms with E-state index in [-0.39, 0.29) is 39.8 Å². The Morgan fingerprint density at radius 2 is 2.00 bits per heavy atom. The number of nitrogens with one attached hydrogen (secondary N) is 1. The van der Waals surface area contributed by atoms with Gasteiger partial charge in [-0.25, -0.2) is 4.98 Å². The van der Waals surface area contributed by atoms with Gasteiger partial charge in [0.2, 0.25) is 0 Å². The topological polar surface area (TPSA) is 110 Å². The molecule has 4 heterocycles. The minimum Gasteiger partial charge on any atom is -0.466 e. The summed E-state index contributed by atoms with van der Waals surface area (Å²) in [6.07, 6.45) is 2.67. The first kappa shape index (κ1) is 19.8. The van der Waals surface area contributed by atoms with Gasteiger partial charge < -0.3 is 14.2 Å². The standard InChI is InChI=1S/C21H23N5O4/c1-3-30-21(29)13-7-10-25(11-8-13)19(27)14-12-15-18(24(2)17(14)22)23-16-6-4-5-9-26(16)20(15)28/h4-6,9,12-13,22H,3,7-8,10-11H2,1-2H3. The number of carbonyl (C=O) groups is 2. The van der Waals surface area contributed by atoms with E-state index in [1.807, 2.05) is 0 Å². The summed E-state index contributed by atoms with van der Waals surface area (Å²) in [6, 6.07) is 6.71. The molecule has 1 aliphatic heterocycles. The van der Waals surface area contributed by atoms with Gasteiger partial charge in [-0.05, 0) is 38.0 Å². The fourth-order valence-corrected chi connectivity index (χ4v) is 3.88. The van der Waals surface area contributed by atoms with Crippen molar-refractivity contribution in [1.29, 1.82) is 5.41 Å². The molecule has 3 aromatic rings. The van der Waals surface area contributed by atoms with Crippen molar-refractivity contribution >= 4 is 28.6 Å². The largest absolute Gasteiger partial charge is 0.466 e. The van der Waals surface area contributed by atoms with Gasteiger partial charge in [0.05, 0.1) is 23.5 Å². The molecule has 0 unspecified atom stereocenters. The maximum Gasteiger partial charge on any atom is 0.309 e. The van der Waals surface area contributed by atoms with Gasteiger partial charge in [0.25, 0.3) is 11.5 Å². The van der Waals surface area contributed by atoms with Crippen LogP contribution in [0.1, 0.15) is 30.1 Å². The molecule has 4 rings (SSSR count). The van der Waals surface area contributed by atoms with Crippen LogP contribution >= 0.6 is 0 Å². The van der Waals surface area contributed by atoms with Gasteiger partial charge in [-0.1, -0.05) is 6.07 Å². The highest BCUT2D eigenvalue weighted by Gasteiger charge is 2.29. The number of nitrogens with zero attached hydrogens (tertiary/aromatic N) is 4. The van der Waals surface area contributed by atoms with E-state index < -0.39 is 0 Å². The highest BCUT2D eigenvalue weighted by Crippen LogP contribution is 2.20. The first-order valence-corrected chi connectivity index (χ1v) is 9.94. The second-order valence-corrected chi connectivity index (χ2v) is 7.37. The molecule has 0 saturated carbocycles. The number of rotatable bonds is 3. The van der Waals surface area contributed by atoms with Crippen molar-refractivity contribution in [3.8, 4) is 0 Å². The maximum atomic E-state index is 13.1. The molecule has 0 aliphatic carbocycles. The summed E-state index contributed by atoms with van der Waals surface area (Å²) >= 11 is 0. The lowest BCUT2D eigenvalue weighted by atomic mass is 9.96. The van der Waals surface area contributed by atoms with Crippen molar-refractivity contribution in [3.05, 3.63) is 51.9 Å². The Labute approximate surface area is 172 Å². The molecule has 1 saturated heterocycles. The molecule has 9 nitrogen and oxygen atoms in total. The third-order valence-corrected chi connectivity index (χ3v) is 5.58. The third-order valence-electron chi connectivity index (χ3n) is 5.58. The highest BCUT2D eigenvalue weighted by molar-refractivity contribution is 5.97. The van der Waals surface area contributed by atoms with E-state index in [1.165, 1.54) is 15.0 Å². The molecule has 1 N–H and O–H groups in total. The first-order chi connectivity index (χ1) is 14.4. The quantitative estimate of drug-likeness (QED) is 0.514. The zero-order valence-corrected chi connectivity index (χ0v) is 16.9. The number of carbonyl (C=O) groups excluding carboxylic acids is 2. The average Bonchev–Trinajstić information content (AvgIpc) is 2.76.